The van der Waals surface area contributed by atoms with Crippen molar-refractivity contribution < 1.29 is 9.90 Å². The van der Waals surface area contributed by atoms with E-state index in [-0.39, 0.29) is 12.0 Å². The summed E-state index contributed by atoms with van der Waals surface area (Å²) in [7, 11) is 3.62. The summed E-state index contributed by atoms with van der Waals surface area (Å²) in [6.07, 6.45) is 1.69. The minimum Gasteiger partial charge on any atom is -0.480 e. The average Bonchev–Trinajstić information content (AvgIpc) is 2.70. The Labute approximate surface area is 171 Å². The molecule has 4 aromatic rings. The van der Waals surface area contributed by atoms with E-state index in [1.54, 1.807) is 33.9 Å². The Hall–Kier alpha value is -3.38. The molecule has 6 nitrogen and oxygen atoms in total. The number of pyridine rings is 2. The number of nitrogens with zero attached hydrogens (tertiary/aromatic N) is 3. The SMILES string of the molecule is CN(C)c1c(Cl)ccc2c(=O)c3ccc(-c4ccccn4)cc3n(CC(=O)O)c12. The van der Waals surface area contributed by atoms with Crippen molar-refractivity contribution >= 4 is 45.1 Å². The topological polar surface area (TPSA) is 75.4 Å². The van der Waals surface area contributed by atoms with Crippen LogP contribution in [0, 0.1) is 0 Å². The summed E-state index contributed by atoms with van der Waals surface area (Å²) < 4.78 is 1.64. The summed E-state index contributed by atoms with van der Waals surface area (Å²) in [6, 6.07) is 14.2. The molecular formula is C22H18ClN3O3. The monoisotopic (exact) mass is 407 g/mol. The van der Waals surface area contributed by atoms with Crippen LogP contribution in [0.4, 0.5) is 5.69 Å². The van der Waals surface area contributed by atoms with Gasteiger partial charge in [0.25, 0.3) is 0 Å². The molecule has 1 N–H and O–H groups in total. The van der Waals surface area contributed by atoms with Gasteiger partial charge < -0.3 is 14.6 Å². The van der Waals surface area contributed by atoms with Crippen LogP contribution in [0.15, 0.2) is 59.5 Å². The maximum absolute atomic E-state index is 13.2. The van der Waals surface area contributed by atoms with Gasteiger partial charge in [0.2, 0.25) is 0 Å². The number of carboxylic acid groups (broad SMARTS) is 1. The van der Waals surface area contributed by atoms with Crippen LogP contribution >= 0.6 is 11.6 Å². The van der Waals surface area contributed by atoms with Crippen molar-refractivity contribution in [2.24, 2.45) is 0 Å². The molecule has 2 aromatic carbocycles. The Kier molecular flexibility index (Phi) is 4.72. The first-order valence-corrected chi connectivity index (χ1v) is 9.35. The van der Waals surface area contributed by atoms with Crippen LogP contribution in [0.3, 0.4) is 0 Å². The minimum absolute atomic E-state index is 0.163. The predicted molar refractivity (Wildman–Crippen MR) is 116 cm³/mol. The third kappa shape index (κ3) is 3.21. The third-order valence-electron chi connectivity index (χ3n) is 4.85. The van der Waals surface area contributed by atoms with Crippen molar-refractivity contribution in [1.82, 2.24) is 9.55 Å². The zero-order valence-electron chi connectivity index (χ0n) is 15.9. The minimum atomic E-state index is -1.01. The van der Waals surface area contributed by atoms with Gasteiger partial charge in [0.05, 0.1) is 27.4 Å². The van der Waals surface area contributed by atoms with E-state index in [4.69, 9.17) is 11.6 Å². The van der Waals surface area contributed by atoms with Crippen LogP contribution in [0.5, 0.6) is 0 Å². The summed E-state index contributed by atoms with van der Waals surface area (Å²) >= 11 is 6.42. The highest BCUT2D eigenvalue weighted by atomic mass is 35.5. The lowest BCUT2D eigenvalue weighted by molar-refractivity contribution is -0.137. The Morgan fingerprint density at radius 3 is 2.55 bits per heavy atom. The van der Waals surface area contributed by atoms with E-state index in [0.717, 1.165) is 11.3 Å². The lowest BCUT2D eigenvalue weighted by Gasteiger charge is -2.22. The van der Waals surface area contributed by atoms with Crippen molar-refractivity contribution in [3.63, 3.8) is 0 Å². The van der Waals surface area contributed by atoms with Gasteiger partial charge in [-0.3, -0.25) is 14.6 Å². The number of carbonyl (C=O) groups is 1. The number of anilines is 1. The van der Waals surface area contributed by atoms with Crippen molar-refractivity contribution in [3.8, 4) is 11.3 Å². The van der Waals surface area contributed by atoms with Crippen LogP contribution in [0.2, 0.25) is 5.02 Å². The molecule has 0 saturated carbocycles. The van der Waals surface area contributed by atoms with E-state index >= 15 is 0 Å². The van der Waals surface area contributed by atoms with Crippen molar-refractivity contribution in [2.45, 2.75) is 6.54 Å². The fourth-order valence-corrected chi connectivity index (χ4v) is 3.96. The molecule has 0 fully saturated rings. The lowest BCUT2D eigenvalue weighted by Crippen LogP contribution is -2.19. The van der Waals surface area contributed by atoms with Crippen LogP contribution in [0.1, 0.15) is 0 Å². The highest BCUT2D eigenvalue weighted by Gasteiger charge is 2.19. The molecule has 0 unspecified atom stereocenters. The zero-order valence-corrected chi connectivity index (χ0v) is 16.6. The fraction of sp³-hybridized carbons (Fsp3) is 0.136. The molecule has 146 valence electrons. The van der Waals surface area contributed by atoms with Gasteiger partial charge >= 0.3 is 5.97 Å². The molecule has 0 atom stereocenters. The van der Waals surface area contributed by atoms with Gasteiger partial charge in [-0.25, -0.2) is 0 Å². The number of benzene rings is 2. The summed E-state index contributed by atoms with van der Waals surface area (Å²) in [6.45, 7) is -0.305. The van der Waals surface area contributed by atoms with Gasteiger partial charge in [0, 0.05) is 36.6 Å². The van der Waals surface area contributed by atoms with Crippen LogP contribution in [-0.2, 0) is 11.3 Å². The predicted octanol–water partition coefficient (Wildman–Crippen LogP) is 4.02. The van der Waals surface area contributed by atoms with Gasteiger partial charge in [-0.2, -0.15) is 0 Å². The number of halogens is 1. The first-order valence-electron chi connectivity index (χ1n) is 8.98. The van der Waals surface area contributed by atoms with Gasteiger partial charge in [-0.1, -0.05) is 23.7 Å². The number of aromatic nitrogens is 2. The zero-order chi connectivity index (χ0) is 20.7. The standard InChI is InChI=1S/C22H18ClN3O3/c1-25(2)21-16(23)9-8-15-20(21)26(12-19(27)28)18-11-13(6-7-14(18)22(15)29)17-5-3-4-10-24-17/h3-11H,12H2,1-2H3,(H,27,28). The number of carboxylic acids is 1. The van der Waals surface area contributed by atoms with E-state index in [0.29, 0.717) is 32.5 Å². The first kappa shape index (κ1) is 19.0. The smallest absolute Gasteiger partial charge is 0.323 e. The number of rotatable bonds is 4. The number of hydrogen-bond donors (Lipinski definition) is 1. The maximum atomic E-state index is 13.2. The van der Waals surface area contributed by atoms with Gasteiger partial charge in [0.1, 0.15) is 6.54 Å². The van der Waals surface area contributed by atoms with Gasteiger partial charge in [0.15, 0.2) is 5.43 Å². The molecule has 2 aromatic heterocycles. The van der Waals surface area contributed by atoms with Crippen LogP contribution < -0.4 is 10.3 Å². The van der Waals surface area contributed by atoms with E-state index in [9.17, 15) is 14.7 Å². The molecule has 4 rings (SSSR count). The molecule has 0 aliphatic carbocycles. The van der Waals surface area contributed by atoms with Crippen LogP contribution in [0.25, 0.3) is 33.1 Å². The molecular weight excluding hydrogens is 390 g/mol. The van der Waals surface area contributed by atoms with Gasteiger partial charge in [-0.15, -0.1) is 0 Å². The van der Waals surface area contributed by atoms with Gasteiger partial charge in [-0.05, 0) is 36.4 Å². The molecule has 0 bridgehead atoms. The molecule has 0 radical (unpaired) electrons. The number of fused-ring (bicyclic) bond motifs is 2. The summed E-state index contributed by atoms with van der Waals surface area (Å²) in [5.41, 5.74) is 3.00. The van der Waals surface area contributed by atoms with E-state index in [2.05, 4.69) is 4.98 Å². The molecule has 0 spiro atoms. The lowest BCUT2D eigenvalue weighted by atomic mass is 10.0. The normalized spacial score (nSPS) is 11.1. The van der Waals surface area contributed by atoms with Crippen molar-refractivity contribution in [2.75, 3.05) is 19.0 Å². The Balaban J connectivity index is 2.20. The fourth-order valence-electron chi connectivity index (χ4n) is 3.64. The Morgan fingerprint density at radius 1 is 1.14 bits per heavy atom. The highest BCUT2D eigenvalue weighted by Crippen LogP contribution is 2.34. The van der Waals surface area contributed by atoms with Crippen molar-refractivity contribution in [3.05, 3.63) is 70.0 Å². The summed E-state index contributed by atoms with van der Waals surface area (Å²) in [5.74, 6) is -1.01. The molecule has 0 aliphatic heterocycles. The summed E-state index contributed by atoms with van der Waals surface area (Å²) in [4.78, 5) is 31.1. The second-order valence-electron chi connectivity index (χ2n) is 6.94. The van der Waals surface area contributed by atoms with E-state index in [1.165, 1.54) is 0 Å². The number of aliphatic carboxylic acids is 1. The van der Waals surface area contributed by atoms with Crippen molar-refractivity contribution in [1.29, 1.82) is 0 Å². The first-order chi connectivity index (χ1) is 13.9. The molecule has 0 amide bonds. The summed E-state index contributed by atoms with van der Waals surface area (Å²) in [5, 5.41) is 10.9. The largest absolute Gasteiger partial charge is 0.480 e. The Morgan fingerprint density at radius 2 is 1.90 bits per heavy atom. The average molecular weight is 408 g/mol. The third-order valence-corrected chi connectivity index (χ3v) is 5.16. The molecule has 0 saturated heterocycles. The van der Waals surface area contributed by atoms with E-state index < -0.39 is 5.97 Å². The second-order valence-corrected chi connectivity index (χ2v) is 7.35. The molecule has 0 aliphatic rings. The quantitative estimate of drug-likeness (QED) is 0.517. The molecule has 2 heterocycles. The second kappa shape index (κ2) is 7.22. The molecule has 7 heteroatoms. The molecule has 29 heavy (non-hydrogen) atoms. The van der Waals surface area contributed by atoms with Crippen LogP contribution in [-0.4, -0.2) is 34.7 Å². The van der Waals surface area contributed by atoms with E-state index in [1.807, 2.05) is 44.4 Å². The highest BCUT2D eigenvalue weighted by molar-refractivity contribution is 6.35. The Bertz CT molecular complexity index is 1310. The number of hydrogen-bond acceptors (Lipinski definition) is 4. The maximum Gasteiger partial charge on any atom is 0.323 e.